The predicted octanol–water partition coefficient (Wildman–Crippen LogP) is 2.87. The van der Waals surface area contributed by atoms with Gasteiger partial charge in [0, 0.05) is 55.3 Å². The number of pyridine rings is 1. The molecule has 1 aliphatic rings. The van der Waals surface area contributed by atoms with Crippen LogP contribution in [-0.4, -0.2) is 80.6 Å². The quantitative estimate of drug-likeness (QED) is 0.417. The van der Waals surface area contributed by atoms with Crippen LogP contribution in [0.5, 0.6) is 5.88 Å². The van der Waals surface area contributed by atoms with Gasteiger partial charge in [-0.1, -0.05) is 0 Å². The molecule has 0 saturated carbocycles. The third-order valence-electron chi connectivity index (χ3n) is 6.42. The molecule has 35 heavy (non-hydrogen) atoms. The van der Waals surface area contributed by atoms with E-state index in [4.69, 9.17) is 14.6 Å². The molecule has 10 heteroatoms. The minimum atomic E-state index is -0.536. The first-order valence-corrected chi connectivity index (χ1v) is 12.2. The maximum atomic E-state index is 14.4. The fraction of sp³-hybridized carbons (Fsp3) is 0.560. The summed E-state index contributed by atoms with van der Waals surface area (Å²) in [5.74, 6) is -0.0894. The highest BCUT2D eigenvalue weighted by Crippen LogP contribution is 2.29. The SMILES string of the molecule is CCOCCc1c(-c2cnn(CC3CCN(C[C@@H](C)O)C3)c2)nn(-c2cnc(OC)c(F)c2)c1C. The Labute approximate surface area is 205 Å². The van der Waals surface area contributed by atoms with Crippen molar-refractivity contribution in [2.45, 2.75) is 46.3 Å². The molecule has 190 valence electrons. The minimum absolute atomic E-state index is 0.0458. The summed E-state index contributed by atoms with van der Waals surface area (Å²) >= 11 is 0. The normalized spacial score (nSPS) is 17.3. The van der Waals surface area contributed by atoms with Gasteiger partial charge in [0.05, 0.1) is 43.6 Å². The van der Waals surface area contributed by atoms with Crippen LogP contribution in [-0.2, 0) is 17.7 Å². The molecule has 0 bridgehead atoms. The fourth-order valence-corrected chi connectivity index (χ4v) is 4.77. The van der Waals surface area contributed by atoms with E-state index in [9.17, 15) is 9.50 Å². The number of aliphatic hydroxyl groups excluding tert-OH is 1. The first-order chi connectivity index (χ1) is 16.9. The van der Waals surface area contributed by atoms with Crippen molar-refractivity contribution in [1.82, 2.24) is 29.4 Å². The number of methoxy groups -OCH3 is 1. The lowest BCUT2D eigenvalue weighted by Gasteiger charge is -2.17. The van der Waals surface area contributed by atoms with E-state index in [0.29, 0.717) is 37.8 Å². The molecule has 0 radical (unpaired) electrons. The van der Waals surface area contributed by atoms with Crippen LogP contribution in [0.4, 0.5) is 4.39 Å². The van der Waals surface area contributed by atoms with E-state index in [1.54, 1.807) is 10.9 Å². The largest absolute Gasteiger partial charge is 0.479 e. The average Bonchev–Trinajstić information content (AvgIpc) is 3.54. The van der Waals surface area contributed by atoms with Gasteiger partial charge in [0.15, 0.2) is 5.82 Å². The lowest BCUT2D eigenvalue weighted by Crippen LogP contribution is -2.29. The molecule has 1 N–H and O–H groups in total. The van der Waals surface area contributed by atoms with Gasteiger partial charge in [-0.3, -0.25) is 4.68 Å². The zero-order valence-corrected chi connectivity index (χ0v) is 20.9. The Bertz CT molecular complexity index is 1130. The smallest absolute Gasteiger partial charge is 0.250 e. The van der Waals surface area contributed by atoms with E-state index in [-0.39, 0.29) is 12.0 Å². The summed E-state index contributed by atoms with van der Waals surface area (Å²) in [7, 11) is 1.39. The fourth-order valence-electron chi connectivity index (χ4n) is 4.77. The van der Waals surface area contributed by atoms with Crippen molar-refractivity contribution in [3.63, 3.8) is 0 Å². The van der Waals surface area contributed by atoms with Gasteiger partial charge in [-0.05, 0) is 46.1 Å². The summed E-state index contributed by atoms with van der Waals surface area (Å²) in [6, 6.07) is 1.38. The molecule has 4 rings (SSSR count). The number of hydrogen-bond donors (Lipinski definition) is 1. The molecule has 1 saturated heterocycles. The second-order valence-corrected chi connectivity index (χ2v) is 9.17. The van der Waals surface area contributed by atoms with E-state index in [1.807, 2.05) is 37.8 Å². The molecule has 2 atom stereocenters. The molecule has 0 aliphatic carbocycles. The van der Waals surface area contributed by atoms with Crippen LogP contribution in [0.25, 0.3) is 16.9 Å². The molecule has 0 amide bonds. The number of ether oxygens (including phenoxy) is 2. The molecule has 9 nitrogen and oxygen atoms in total. The van der Waals surface area contributed by atoms with Crippen LogP contribution < -0.4 is 4.74 Å². The molecule has 1 unspecified atom stereocenters. The summed E-state index contributed by atoms with van der Waals surface area (Å²) in [6.45, 7) is 10.5. The topological polar surface area (TPSA) is 90.5 Å². The molecular weight excluding hydrogens is 451 g/mol. The number of hydrogen-bond acceptors (Lipinski definition) is 7. The Morgan fingerprint density at radius 3 is 2.86 bits per heavy atom. The monoisotopic (exact) mass is 486 g/mol. The van der Waals surface area contributed by atoms with Crippen molar-refractivity contribution >= 4 is 0 Å². The van der Waals surface area contributed by atoms with E-state index < -0.39 is 5.82 Å². The number of β-amino-alcohol motifs (C(OH)–C–C–N with tert-alkyl or cyclic N) is 1. The molecule has 0 spiro atoms. The second-order valence-electron chi connectivity index (χ2n) is 9.17. The number of aliphatic hydroxyl groups is 1. The molecule has 3 aromatic heterocycles. The van der Waals surface area contributed by atoms with Crippen LogP contribution in [0.15, 0.2) is 24.7 Å². The van der Waals surface area contributed by atoms with Crippen LogP contribution >= 0.6 is 0 Å². The minimum Gasteiger partial charge on any atom is -0.479 e. The van der Waals surface area contributed by atoms with Gasteiger partial charge in [0.2, 0.25) is 5.88 Å². The zero-order valence-electron chi connectivity index (χ0n) is 20.9. The zero-order chi connectivity index (χ0) is 24.9. The second kappa shape index (κ2) is 11.3. The number of likely N-dealkylation sites (tertiary alicyclic amines) is 1. The highest BCUT2D eigenvalue weighted by Gasteiger charge is 2.25. The van der Waals surface area contributed by atoms with Crippen molar-refractivity contribution in [3.8, 4) is 22.8 Å². The maximum Gasteiger partial charge on any atom is 0.250 e. The van der Waals surface area contributed by atoms with E-state index in [1.165, 1.54) is 13.2 Å². The van der Waals surface area contributed by atoms with Crippen molar-refractivity contribution in [2.75, 3.05) is 40.0 Å². The van der Waals surface area contributed by atoms with E-state index in [2.05, 4.69) is 15.0 Å². The van der Waals surface area contributed by atoms with Crippen LogP contribution in [0.3, 0.4) is 0 Å². The Morgan fingerprint density at radius 2 is 2.14 bits per heavy atom. The van der Waals surface area contributed by atoms with Crippen molar-refractivity contribution < 1.29 is 19.0 Å². The van der Waals surface area contributed by atoms with Gasteiger partial charge < -0.3 is 19.5 Å². The van der Waals surface area contributed by atoms with Crippen molar-refractivity contribution in [2.24, 2.45) is 5.92 Å². The van der Waals surface area contributed by atoms with Crippen molar-refractivity contribution in [3.05, 3.63) is 41.7 Å². The third kappa shape index (κ3) is 5.88. The Hall–Kier alpha value is -2.82. The molecule has 1 fully saturated rings. The number of aromatic nitrogens is 5. The maximum absolute atomic E-state index is 14.4. The van der Waals surface area contributed by atoms with E-state index in [0.717, 1.165) is 48.6 Å². The first kappa shape index (κ1) is 25.3. The third-order valence-corrected chi connectivity index (χ3v) is 6.42. The van der Waals surface area contributed by atoms with Crippen LogP contribution in [0, 0.1) is 18.7 Å². The van der Waals surface area contributed by atoms with Gasteiger partial charge in [0.1, 0.15) is 0 Å². The molecule has 3 aromatic rings. The van der Waals surface area contributed by atoms with E-state index >= 15 is 0 Å². The summed E-state index contributed by atoms with van der Waals surface area (Å²) < 4.78 is 28.6. The van der Waals surface area contributed by atoms with Crippen LogP contribution in [0.2, 0.25) is 0 Å². The van der Waals surface area contributed by atoms with Crippen molar-refractivity contribution in [1.29, 1.82) is 0 Å². The first-order valence-electron chi connectivity index (χ1n) is 12.2. The van der Waals surface area contributed by atoms with Gasteiger partial charge >= 0.3 is 0 Å². The van der Waals surface area contributed by atoms with Gasteiger partial charge in [0.25, 0.3) is 0 Å². The van der Waals surface area contributed by atoms with Gasteiger partial charge in [-0.15, -0.1) is 0 Å². The predicted molar refractivity (Wildman–Crippen MR) is 130 cm³/mol. The van der Waals surface area contributed by atoms with Gasteiger partial charge in [-0.25, -0.2) is 14.1 Å². The molecule has 4 heterocycles. The lowest BCUT2D eigenvalue weighted by molar-refractivity contribution is 0.138. The molecule has 1 aliphatic heterocycles. The summed E-state index contributed by atoms with van der Waals surface area (Å²) in [6.07, 6.45) is 6.88. The van der Waals surface area contributed by atoms with Gasteiger partial charge in [-0.2, -0.15) is 10.2 Å². The number of rotatable bonds is 11. The highest BCUT2D eigenvalue weighted by molar-refractivity contribution is 5.63. The van der Waals surface area contributed by atoms with Crippen LogP contribution in [0.1, 0.15) is 31.5 Å². The number of halogens is 1. The number of nitrogens with zero attached hydrogens (tertiary/aromatic N) is 6. The summed E-state index contributed by atoms with van der Waals surface area (Å²) in [5.41, 5.74) is 4.20. The average molecular weight is 487 g/mol. The standard InChI is InChI=1S/C25H35FN6O3/c1-5-35-9-7-22-18(3)32(21-10-23(26)25(34-4)27-12-21)29-24(22)20-11-28-31(16-20)15-19-6-8-30(14-19)13-17(2)33/h10-12,16-17,19,33H,5-9,13-15H2,1-4H3/t17-,19?/m1/s1. The Kier molecular flexibility index (Phi) is 8.15. The highest BCUT2D eigenvalue weighted by atomic mass is 19.1. The lowest BCUT2D eigenvalue weighted by atomic mass is 10.1. The summed E-state index contributed by atoms with van der Waals surface area (Å²) in [4.78, 5) is 6.37. The Morgan fingerprint density at radius 1 is 1.31 bits per heavy atom. The molecular formula is C25H35FN6O3. The summed E-state index contributed by atoms with van der Waals surface area (Å²) in [5, 5.41) is 19.1. The Balaban J connectivity index is 1.58. The molecule has 0 aromatic carbocycles.